The number of ketones is 1. The normalized spacial score (nSPS) is 12.2. The second-order valence-electron chi connectivity index (χ2n) is 7.29. The van der Waals surface area contributed by atoms with Crippen LogP contribution in [-0.4, -0.2) is 44.1 Å². The molecule has 1 N–H and O–H groups in total. The van der Waals surface area contributed by atoms with Crippen LogP contribution in [0.5, 0.6) is 17.2 Å². The van der Waals surface area contributed by atoms with Crippen LogP contribution in [0.4, 0.5) is 5.69 Å². The molecule has 0 unspecified atom stereocenters. The van der Waals surface area contributed by atoms with E-state index in [0.717, 1.165) is 22.4 Å². The molecule has 0 saturated heterocycles. The average molecular weight is 398 g/mol. The maximum absolute atomic E-state index is 12.6. The molecule has 29 heavy (non-hydrogen) atoms. The quantitative estimate of drug-likeness (QED) is 0.721. The number of carbonyl (C=O) groups is 2. The Labute approximate surface area is 170 Å². The second kappa shape index (κ2) is 8.53. The van der Waals surface area contributed by atoms with E-state index in [0.29, 0.717) is 29.3 Å². The summed E-state index contributed by atoms with van der Waals surface area (Å²) in [6.07, 6.45) is 0. The maximum Gasteiger partial charge on any atom is 0.238 e. The third-order valence-corrected chi connectivity index (χ3v) is 4.76. The Morgan fingerprint density at radius 3 is 2.31 bits per heavy atom. The van der Waals surface area contributed by atoms with Crippen molar-refractivity contribution in [3.8, 4) is 17.2 Å². The molecule has 0 bridgehead atoms. The van der Waals surface area contributed by atoms with Gasteiger partial charge in [0.25, 0.3) is 0 Å². The number of Topliss-reactive ketones (excluding diaryl/α,β-unsaturated/α-hetero) is 1. The molecule has 154 valence electrons. The topological polar surface area (TPSA) is 77.1 Å². The van der Waals surface area contributed by atoms with Crippen LogP contribution in [0.25, 0.3) is 0 Å². The minimum atomic E-state index is -0.212. The van der Waals surface area contributed by atoms with Gasteiger partial charge in [0.1, 0.15) is 5.75 Å². The lowest BCUT2D eigenvalue weighted by molar-refractivity contribution is -0.117. The smallest absolute Gasteiger partial charge is 0.238 e. The first-order valence-electron chi connectivity index (χ1n) is 9.35. The molecule has 1 heterocycles. The maximum atomic E-state index is 12.6. The van der Waals surface area contributed by atoms with Crippen LogP contribution in [-0.2, 0) is 11.3 Å². The van der Waals surface area contributed by atoms with Crippen LogP contribution in [0.3, 0.4) is 0 Å². The van der Waals surface area contributed by atoms with Crippen molar-refractivity contribution in [1.29, 1.82) is 0 Å². The highest BCUT2D eigenvalue weighted by atomic mass is 16.7. The minimum absolute atomic E-state index is 0.105. The van der Waals surface area contributed by atoms with E-state index >= 15 is 0 Å². The van der Waals surface area contributed by atoms with Crippen molar-refractivity contribution in [2.45, 2.75) is 27.3 Å². The zero-order valence-electron chi connectivity index (χ0n) is 17.4. The van der Waals surface area contributed by atoms with Crippen molar-refractivity contribution in [3.63, 3.8) is 0 Å². The number of rotatable bonds is 7. The monoisotopic (exact) mass is 398 g/mol. The number of likely N-dealkylation sites (N-methyl/N-ethyl adjacent to an activating group) is 1. The zero-order chi connectivity index (χ0) is 21.1. The predicted octanol–water partition coefficient (Wildman–Crippen LogP) is 3.31. The van der Waals surface area contributed by atoms with Gasteiger partial charge in [0.2, 0.25) is 12.7 Å². The van der Waals surface area contributed by atoms with Gasteiger partial charge >= 0.3 is 0 Å². The third-order valence-electron chi connectivity index (χ3n) is 4.76. The molecule has 1 aliphatic rings. The van der Waals surface area contributed by atoms with Crippen LogP contribution in [0, 0.1) is 13.8 Å². The fraction of sp³-hybridized carbons (Fsp3) is 0.364. The fourth-order valence-electron chi connectivity index (χ4n) is 3.59. The number of carbonyl (C=O) groups excluding carboxylic acids is 2. The summed E-state index contributed by atoms with van der Waals surface area (Å²) in [6, 6.07) is 7.36. The van der Waals surface area contributed by atoms with E-state index in [2.05, 4.69) is 17.4 Å². The molecular weight excluding hydrogens is 372 g/mol. The van der Waals surface area contributed by atoms with Gasteiger partial charge in [-0.3, -0.25) is 14.5 Å². The molecule has 3 rings (SSSR count). The Kier molecular flexibility index (Phi) is 6.08. The summed E-state index contributed by atoms with van der Waals surface area (Å²) in [5.74, 6) is 1.54. The van der Waals surface area contributed by atoms with Gasteiger partial charge in [-0.05, 0) is 50.6 Å². The third kappa shape index (κ3) is 4.68. The number of nitrogens with one attached hydrogen (secondary N) is 1. The molecular formula is C22H26N2O5. The van der Waals surface area contributed by atoms with Gasteiger partial charge in [0, 0.05) is 18.2 Å². The zero-order valence-corrected chi connectivity index (χ0v) is 17.4. The van der Waals surface area contributed by atoms with E-state index in [1.807, 2.05) is 25.8 Å². The van der Waals surface area contributed by atoms with Gasteiger partial charge in [-0.1, -0.05) is 12.1 Å². The van der Waals surface area contributed by atoms with E-state index in [9.17, 15) is 9.59 Å². The highest BCUT2D eigenvalue weighted by Crippen LogP contribution is 2.37. The summed E-state index contributed by atoms with van der Waals surface area (Å²) in [5, 5.41) is 2.82. The molecule has 1 aliphatic heterocycles. The van der Waals surface area contributed by atoms with Crippen molar-refractivity contribution < 1.29 is 23.8 Å². The predicted molar refractivity (Wildman–Crippen MR) is 110 cm³/mol. The van der Waals surface area contributed by atoms with Gasteiger partial charge < -0.3 is 19.5 Å². The lowest BCUT2D eigenvalue weighted by Crippen LogP contribution is -2.30. The Morgan fingerprint density at radius 1 is 1.10 bits per heavy atom. The molecule has 0 atom stereocenters. The molecule has 0 aromatic heterocycles. The number of fused-ring (bicyclic) bond motifs is 1. The van der Waals surface area contributed by atoms with Gasteiger partial charge in [-0.15, -0.1) is 0 Å². The summed E-state index contributed by atoms with van der Waals surface area (Å²) in [5.41, 5.74) is 4.05. The van der Waals surface area contributed by atoms with E-state index in [1.54, 1.807) is 19.2 Å². The summed E-state index contributed by atoms with van der Waals surface area (Å²) in [4.78, 5) is 26.4. The standard InChI is InChI=1S/C22H26N2O5/c1-13-6-16(7-14(2)22(13)27-5)10-24(4)11-21(26)23-18-9-20-19(28-12-29-20)8-17(18)15(3)25/h6-9H,10-12H2,1-5H3,(H,23,26). The van der Waals surface area contributed by atoms with E-state index < -0.39 is 0 Å². The second-order valence-corrected chi connectivity index (χ2v) is 7.29. The number of ether oxygens (including phenoxy) is 3. The van der Waals surface area contributed by atoms with Crippen LogP contribution in [0.1, 0.15) is 34.0 Å². The number of anilines is 1. The number of amides is 1. The lowest BCUT2D eigenvalue weighted by Gasteiger charge is -2.19. The molecule has 0 saturated carbocycles. The summed E-state index contributed by atoms with van der Waals surface area (Å²) in [7, 11) is 3.54. The molecule has 2 aromatic rings. The first-order valence-corrected chi connectivity index (χ1v) is 9.35. The van der Waals surface area contributed by atoms with Crippen molar-refractivity contribution in [2.75, 3.05) is 32.8 Å². The van der Waals surface area contributed by atoms with E-state index in [4.69, 9.17) is 14.2 Å². The SMILES string of the molecule is COc1c(C)cc(CN(C)CC(=O)Nc2cc3c(cc2C(C)=O)OCO3)cc1C. The number of hydrogen-bond acceptors (Lipinski definition) is 6. The Morgan fingerprint density at radius 2 is 1.72 bits per heavy atom. The number of benzene rings is 2. The highest BCUT2D eigenvalue weighted by Gasteiger charge is 2.20. The van der Waals surface area contributed by atoms with Gasteiger partial charge in [-0.2, -0.15) is 0 Å². The van der Waals surface area contributed by atoms with Gasteiger partial charge in [0.05, 0.1) is 19.3 Å². The Hall–Kier alpha value is -3.06. The number of nitrogens with zero attached hydrogens (tertiary/aromatic N) is 1. The van der Waals surface area contributed by atoms with E-state index in [1.165, 1.54) is 6.92 Å². The number of methoxy groups -OCH3 is 1. The fourth-order valence-corrected chi connectivity index (χ4v) is 3.59. The van der Waals surface area contributed by atoms with Crippen molar-refractivity contribution in [1.82, 2.24) is 4.90 Å². The Bertz CT molecular complexity index is 931. The van der Waals surface area contributed by atoms with Crippen molar-refractivity contribution in [2.24, 2.45) is 0 Å². The molecule has 0 fully saturated rings. The molecule has 0 aliphatic carbocycles. The van der Waals surface area contributed by atoms with E-state index in [-0.39, 0.29) is 25.0 Å². The summed E-state index contributed by atoms with van der Waals surface area (Å²) >= 11 is 0. The minimum Gasteiger partial charge on any atom is -0.496 e. The van der Waals surface area contributed by atoms with Crippen LogP contribution in [0.15, 0.2) is 24.3 Å². The average Bonchev–Trinajstić information content (AvgIpc) is 3.07. The van der Waals surface area contributed by atoms with Crippen molar-refractivity contribution in [3.05, 3.63) is 46.5 Å². The van der Waals surface area contributed by atoms with Gasteiger partial charge in [-0.25, -0.2) is 0 Å². The van der Waals surface area contributed by atoms with Gasteiger partial charge in [0.15, 0.2) is 17.3 Å². The highest BCUT2D eigenvalue weighted by molar-refractivity contribution is 6.05. The molecule has 7 nitrogen and oxygen atoms in total. The first kappa shape index (κ1) is 20.7. The largest absolute Gasteiger partial charge is 0.496 e. The van der Waals surface area contributed by atoms with Crippen LogP contribution >= 0.6 is 0 Å². The molecule has 2 aromatic carbocycles. The lowest BCUT2D eigenvalue weighted by atomic mass is 10.1. The molecule has 1 amide bonds. The van der Waals surface area contributed by atoms with Crippen molar-refractivity contribution >= 4 is 17.4 Å². The van der Waals surface area contributed by atoms with Crippen LogP contribution in [0.2, 0.25) is 0 Å². The molecule has 0 radical (unpaired) electrons. The molecule has 0 spiro atoms. The summed E-state index contributed by atoms with van der Waals surface area (Å²) < 4.78 is 16.1. The molecule has 7 heteroatoms. The van der Waals surface area contributed by atoms with Crippen LogP contribution < -0.4 is 19.5 Å². The number of hydrogen-bond donors (Lipinski definition) is 1. The Balaban J connectivity index is 1.67. The number of aryl methyl sites for hydroxylation is 2. The first-order chi connectivity index (χ1) is 13.8. The summed E-state index contributed by atoms with van der Waals surface area (Å²) in [6.45, 7) is 6.35.